The molecule has 3 heteroatoms. The fourth-order valence-electron chi connectivity index (χ4n) is 1.62. The van der Waals surface area contributed by atoms with Gasteiger partial charge in [-0.15, -0.1) is 0 Å². The van der Waals surface area contributed by atoms with E-state index in [0.717, 1.165) is 25.8 Å². The normalized spacial score (nSPS) is 14.8. The Morgan fingerprint density at radius 1 is 1.06 bits per heavy atom. The number of aliphatic hydroxyl groups is 1. The smallest absolute Gasteiger partial charge is 0.0598 e. The number of hydrogen-bond donors (Lipinski definition) is 2. The van der Waals surface area contributed by atoms with E-state index in [1.807, 2.05) is 0 Å². The standard InChI is InChI=1S/C15H33NO2/c1-14(2,3)16-10-8-7-9-13(11-17)12-18-15(4,5)6/h13,16-17H,7-12H2,1-6H3. The van der Waals surface area contributed by atoms with Gasteiger partial charge in [-0.2, -0.15) is 0 Å². The predicted molar refractivity (Wildman–Crippen MR) is 77.9 cm³/mol. The Hall–Kier alpha value is -0.120. The third-order valence-corrected chi connectivity index (χ3v) is 2.70. The molecule has 0 saturated heterocycles. The summed E-state index contributed by atoms with van der Waals surface area (Å²) in [5.41, 5.74) is 0.0902. The molecule has 18 heavy (non-hydrogen) atoms. The molecule has 1 atom stereocenters. The molecule has 2 N–H and O–H groups in total. The molecular formula is C15H33NO2. The van der Waals surface area contributed by atoms with Crippen molar-refractivity contribution in [3.8, 4) is 0 Å². The second-order valence-corrected chi connectivity index (χ2v) is 7.14. The molecule has 0 aromatic rings. The van der Waals surface area contributed by atoms with Crippen LogP contribution in [-0.2, 0) is 4.74 Å². The summed E-state index contributed by atoms with van der Waals surface area (Å²) in [5, 5.41) is 12.8. The van der Waals surface area contributed by atoms with Crippen LogP contribution in [0, 0.1) is 5.92 Å². The van der Waals surface area contributed by atoms with Crippen LogP contribution in [0.25, 0.3) is 0 Å². The van der Waals surface area contributed by atoms with Crippen molar-refractivity contribution in [2.75, 3.05) is 19.8 Å². The van der Waals surface area contributed by atoms with Gasteiger partial charge >= 0.3 is 0 Å². The summed E-state index contributed by atoms with van der Waals surface area (Å²) in [6, 6.07) is 0. The molecule has 0 saturated carbocycles. The first-order valence-electron chi connectivity index (χ1n) is 7.14. The number of ether oxygens (including phenoxy) is 1. The molecule has 0 aliphatic heterocycles. The van der Waals surface area contributed by atoms with Crippen molar-refractivity contribution in [2.45, 2.75) is 71.9 Å². The molecule has 0 rings (SSSR count). The first-order valence-corrected chi connectivity index (χ1v) is 7.14. The minimum absolute atomic E-state index is 0.110. The molecule has 0 aromatic heterocycles. The maximum Gasteiger partial charge on any atom is 0.0598 e. The van der Waals surface area contributed by atoms with Crippen molar-refractivity contribution in [3.05, 3.63) is 0 Å². The zero-order valence-electron chi connectivity index (χ0n) is 13.2. The maximum atomic E-state index is 9.31. The molecule has 0 bridgehead atoms. The van der Waals surface area contributed by atoms with Crippen LogP contribution in [0.3, 0.4) is 0 Å². The van der Waals surface area contributed by atoms with E-state index in [2.05, 4.69) is 46.9 Å². The Bertz CT molecular complexity index is 204. The molecule has 0 amide bonds. The largest absolute Gasteiger partial charge is 0.396 e. The van der Waals surface area contributed by atoms with Crippen molar-refractivity contribution < 1.29 is 9.84 Å². The fourth-order valence-corrected chi connectivity index (χ4v) is 1.62. The molecule has 3 nitrogen and oxygen atoms in total. The second kappa shape index (κ2) is 8.13. The number of rotatable bonds is 8. The number of hydrogen-bond acceptors (Lipinski definition) is 3. The highest BCUT2D eigenvalue weighted by molar-refractivity contribution is 4.70. The van der Waals surface area contributed by atoms with Crippen molar-refractivity contribution in [3.63, 3.8) is 0 Å². The summed E-state index contributed by atoms with van der Waals surface area (Å²) < 4.78 is 5.72. The Morgan fingerprint density at radius 2 is 1.67 bits per heavy atom. The van der Waals surface area contributed by atoms with Gasteiger partial charge in [0.1, 0.15) is 0 Å². The zero-order chi connectivity index (χ0) is 14.2. The molecule has 0 heterocycles. The molecule has 0 fully saturated rings. The van der Waals surface area contributed by atoms with Crippen LogP contribution < -0.4 is 5.32 Å². The van der Waals surface area contributed by atoms with Gasteiger partial charge < -0.3 is 15.2 Å². The van der Waals surface area contributed by atoms with E-state index in [0.29, 0.717) is 6.61 Å². The van der Waals surface area contributed by atoms with Gasteiger partial charge in [-0.05, 0) is 60.9 Å². The van der Waals surface area contributed by atoms with Crippen molar-refractivity contribution >= 4 is 0 Å². The Balaban J connectivity index is 3.62. The highest BCUT2D eigenvalue weighted by Crippen LogP contribution is 2.14. The van der Waals surface area contributed by atoms with Gasteiger partial charge in [0.25, 0.3) is 0 Å². The zero-order valence-corrected chi connectivity index (χ0v) is 13.2. The van der Waals surface area contributed by atoms with Gasteiger partial charge in [0, 0.05) is 18.1 Å². The lowest BCUT2D eigenvalue weighted by atomic mass is 10.0. The third kappa shape index (κ3) is 12.3. The van der Waals surface area contributed by atoms with Gasteiger partial charge in [0.15, 0.2) is 0 Å². The van der Waals surface area contributed by atoms with Crippen LogP contribution in [-0.4, -0.2) is 36.0 Å². The summed E-state index contributed by atoms with van der Waals surface area (Å²) in [5.74, 6) is 0.277. The summed E-state index contributed by atoms with van der Waals surface area (Å²) in [6.45, 7) is 14.6. The summed E-state index contributed by atoms with van der Waals surface area (Å²) in [4.78, 5) is 0. The highest BCUT2D eigenvalue weighted by Gasteiger charge is 2.15. The minimum Gasteiger partial charge on any atom is -0.396 e. The summed E-state index contributed by atoms with van der Waals surface area (Å²) in [6.07, 6.45) is 3.34. The van der Waals surface area contributed by atoms with E-state index in [-0.39, 0.29) is 23.7 Å². The summed E-state index contributed by atoms with van der Waals surface area (Å²) in [7, 11) is 0. The van der Waals surface area contributed by atoms with Gasteiger partial charge in [0.05, 0.1) is 12.2 Å². The second-order valence-electron chi connectivity index (χ2n) is 7.14. The van der Waals surface area contributed by atoms with E-state index >= 15 is 0 Å². The first-order chi connectivity index (χ1) is 8.14. The molecule has 110 valence electrons. The van der Waals surface area contributed by atoms with Gasteiger partial charge in [-0.25, -0.2) is 0 Å². The van der Waals surface area contributed by atoms with Crippen molar-refractivity contribution in [1.82, 2.24) is 5.32 Å². The van der Waals surface area contributed by atoms with Crippen LogP contribution in [0.15, 0.2) is 0 Å². The highest BCUT2D eigenvalue weighted by atomic mass is 16.5. The topological polar surface area (TPSA) is 41.5 Å². The Labute approximate surface area is 113 Å². The van der Waals surface area contributed by atoms with Gasteiger partial charge in [-0.3, -0.25) is 0 Å². The maximum absolute atomic E-state index is 9.31. The molecule has 0 aliphatic carbocycles. The average Bonchev–Trinajstić information content (AvgIpc) is 2.19. The lowest BCUT2D eigenvalue weighted by Gasteiger charge is -2.24. The quantitative estimate of drug-likeness (QED) is 0.659. The van der Waals surface area contributed by atoms with Crippen LogP contribution in [0.5, 0.6) is 0 Å². The van der Waals surface area contributed by atoms with E-state index in [1.54, 1.807) is 0 Å². The van der Waals surface area contributed by atoms with Crippen LogP contribution in [0.4, 0.5) is 0 Å². The van der Waals surface area contributed by atoms with Crippen molar-refractivity contribution in [1.29, 1.82) is 0 Å². The van der Waals surface area contributed by atoms with E-state index < -0.39 is 0 Å². The van der Waals surface area contributed by atoms with E-state index in [1.165, 1.54) is 0 Å². The lowest BCUT2D eigenvalue weighted by Crippen LogP contribution is -2.36. The fraction of sp³-hybridized carbons (Fsp3) is 1.00. The Morgan fingerprint density at radius 3 is 2.11 bits per heavy atom. The first kappa shape index (κ1) is 17.9. The predicted octanol–water partition coefficient (Wildman–Crippen LogP) is 2.97. The van der Waals surface area contributed by atoms with Gasteiger partial charge in [0.2, 0.25) is 0 Å². The molecule has 0 spiro atoms. The monoisotopic (exact) mass is 259 g/mol. The van der Waals surface area contributed by atoms with Crippen LogP contribution in [0.2, 0.25) is 0 Å². The number of aliphatic hydroxyl groups excluding tert-OH is 1. The molecule has 1 unspecified atom stereocenters. The third-order valence-electron chi connectivity index (χ3n) is 2.70. The van der Waals surface area contributed by atoms with Crippen LogP contribution >= 0.6 is 0 Å². The molecule has 0 aromatic carbocycles. The molecule has 0 aliphatic rings. The van der Waals surface area contributed by atoms with Gasteiger partial charge in [-0.1, -0.05) is 6.42 Å². The van der Waals surface area contributed by atoms with Crippen molar-refractivity contribution in [2.24, 2.45) is 5.92 Å². The summed E-state index contributed by atoms with van der Waals surface area (Å²) >= 11 is 0. The van der Waals surface area contributed by atoms with Crippen LogP contribution in [0.1, 0.15) is 60.8 Å². The minimum atomic E-state index is -0.110. The molecule has 0 radical (unpaired) electrons. The number of unbranched alkanes of at least 4 members (excludes halogenated alkanes) is 1. The average molecular weight is 259 g/mol. The Kier molecular flexibility index (Phi) is 8.08. The number of nitrogens with one attached hydrogen (secondary N) is 1. The van der Waals surface area contributed by atoms with E-state index in [9.17, 15) is 5.11 Å². The van der Waals surface area contributed by atoms with E-state index in [4.69, 9.17) is 4.74 Å². The lowest BCUT2D eigenvalue weighted by molar-refractivity contribution is -0.0327. The SMILES string of the molecule is CC(C)(C)NCCCCC(CO)COC(C)(C)C. The molecular weight excluding hydrogens is 226 g/mol.